The Morgan fingerprint density at radius 3 is 2.22 bits per heavy atom. The van der Waals surface area contributed by atoms with Crippen molar-refractivity contribution < 1.29 is 14.3 Å². The minimum absolute atomic E-state index is 0.140. The number of anilines is 2. The summed E-state index contributed by atoms with van der Waals surface area (Å²) in [6.45, 7) is 4.16. The number of hydrogen-bond acceptors (Lipinski definition) is 4. The van der Waals surface area contributed by atoms with Crippen molar-refractivity contribution in [3.05, 3.63) is 48.5 Å². The van der Waals surface area contributed by atoms with Gasteiger partial charge in [-0.2, -0.15) is 0 Å². The number of carbonyl (C=O) groups excluding carboxylic acids is 1. The normalized spacial score (nSPS) is 15.1. The van der Waals surface area contributed by atoms with Gasteiger partial charge in [-0.15, -0.1) is 0 Å². The van der Waals surface area contributed by atoms with E-state index >= 15 is 0 Å². The smallest absolute Gasteiger partial charge is 0.265 e. The second-order valence-electron chi connectivity index (χ2n) is 6.77. The molecule has 1 fully saturated rings. The van der Waals surface area contributed by atoms with E-state index in [1.165, 1.54) is 24.9 Å². The van der Waals surface area contributed by atoms with Gasteiger partial charge >= 0.3 is 0 Å². The second kappa shape index (κ2) is 9.31. The van der Waals surface area contributed by atoms with E-state index in [9.17, 15) is 4.79 Å². The fraction of sp³-hybridized carbons (Fsp3) is 0.409. The van der Waals surface area contributed by atoms with E-state index in [4.69, 9.17) is 9.47 Å². The van der Waals surface area contributed by atoms with Crippen molar-refractivity contribution >= 4 is 17.3 Å². The van der Waals surface area contributed by atoms with Crippen LogP contribution in [0, 0.1) is 0 Å². The second-order valence-corrected chi connectivity index (χ2v) is 6.77. The summed E-state index contributed by atoms with van der Waals surface area (Å²) in [6, 6.07) is 15.3. The van der Waals surface area contributed by atoms with Gasteiger partial charge in [0.05, 0.1) is 7.11 Å². The highest BCUT2D eigenvalue weighted by atomic mass is 16.5. The summed E-state index contributed by atoms with van der Waals surface area (Å²) in [5.74, 6) is 1.27. The number of methoxy groups -OCH3 is 1. The molecular formula is C22H28N2O3. The quantitative estimate of drug-likeness (QED) is 0.783. The standard InChI is InChI=1S/C22H28N2O3/c1-3-21(27-20-13-11-19(26-2)12-14-20)22(25)23-17-7-9-18(10-8-17)24-15-5-4-6-16-24/h7-14,21H,3-6,15-16H2,1-2H3,(H,23,25)/t21-/m0/s1. The van der Waals surface area contributed by atoms with E-state index in [-0.39, 0.29) is 5.91 Å². The first-order valence-electron chi connectivity index (χ1n) is 9.66. The van der Waals surface area contributed by atoms with Gasteiger partial charge in [-0.1, -0.05) is 6.92 Å². The zero-order valence-corrected chi connectivity index (χ0v) is 16.1. The van der Waals surface area contributed by atoms with Gasteiger partial charge < -0.3 is 19.7 Å². The number of hydrogen-bond donors (Lipinski definition) is 1. The van der Waals surface area contributed by atoms with E-state index in [2.05, 4.69) is 22.3 Å². The van der Waals surface area contributed by atoms with Gasteiger partial charge in [0.25, 0.3) is 5.91 Å². The number of nitrogens with zero attached hydrogens (tertiary/aromatic N) is 1. The highest BCUT2D eigenvalue weighted by Crippen LogP contribution is 2.23. The number of rotatable bonds is 7. The lowest BCUT2D eigenvalue weighted by Crippen LogP contribution is -2.32. The monoisotopic (exact) mass is 368 g/mol. The van der Waals surface area contributed by atoms with Crippen LogP contribution in [0.5, 0.6) is 11.5 Å². The molecule has 0 saturated carbocycles. The molecule has 1 aliphatic heterocycles. The third-order valence-corrected chi connectivity index (χ3v) is 4.86. The summed E-state index contributed by atoms with van der Waals surface area (Å²) < 4.78 is 11.0. The molecule has 5 nitrogen and oxygen atoms in total. The van der Waals surface area contributed by atoms with Crippen LogP contribution in [0.25, 0.3) is 0 Å². The fourth-order valence-corrected chi connectivity index (χ4v) is 3.27. The minimum Gasteiger partial charge on any atom is -0.497 e. The Balaban J connectivity index is 1.58. The maximum Gasteiger partial charge on any atom is 0.265 e. The highest BCUT2D eigenvalue weighted by molar-refractivity contribution is 5.94. The van der Waals surface area contributed by atoms with Gasteiger partial charge in [0, 0.05) is 24.5 Å². The molecule has 2 aromatic carbocycles. The molecule has 1 amide bonds. The number of piperidine rings is 1. The molecule has 5 heteroatoms. The van der Waals surface area contributed by atoms with Gasteiger partial charge in [0.1, 0.15) is 11.5 Å². The van der Waals surface area contributed by atoms with Crippen LogP contribution in [-0.4, -0.2) is 32.2 Å². The molecule has 1 saturated heterocycles. The van der Waals surface area contributed by atoms with Crippen LogP contribution in [0.4, 0.5) is 11.4 Å². The topological polar surface area (TPSA) is 50.8 Å². The molecular weight excluding hydrogens is 340 g/mol. The molecule has 0 radical (unpaired) electrons. The molecule has 1 N–H and O–H groups in total. The zero-order valence-electron chi connectivity index (χ0n) is 16.1. The number of nitrogens with one attached hydrogen (secondary N) is 1. The molecule has 1 aliphatic rings. The van der Waals surface area contributed by atoms with Crippen LogP contribution in [0.1, 0.15) is 32.6 Å². The van der Waals surface area contributed by atoms with E-state index in [0.29, 0.717) is 12.2 Å². The molecule has 1 atom stereocenters. The number of benzene rings is 2. The van der Waals surface area contributed by atoms with Crippen LogP contribution in [-0.2, 0) is 4.79 Å². The Morgan fingerprint density at radius 1 is 1.00 bits per heavy atom. The predicted octanol–water partition coefficient (Wildman–Crippen LogP) is 4.48. The lowest BCUT2D eigenvalue weighted by Gasteiger charge is -2.28. The Labute approximate surface area is 161 Å². The molecule has 27 heavy (non-hydrogen) atoms. The average Bonchev–Trinajstić information content (AvgIpc) is 2.73. The third kappa shape index (κ3) is 5.16. The molecule has 1 heterocycles. The Bertz CT molecular complexity index is 722. The van der Waals surface area contributed by atoms with Gasteiger partial charge in [0.2, 0.25) is 0 Å². The van der Waals surface area contributed by atoms with Gasteiger partial charge in [0.15, 0.2) is 6.10 Å². The lowest BCUT2D eigenvalue weighted by molar-refractivity contribution is -0.122. The molecule has 0 aliphatic carbocycles. The maximum absolute atomic E-state index is 12.6. The summed E-state index contributed by atoms with van der Waals surface area (Å²) in [7, 11) is 1.62. The van der Waals surface area contributed by atoms with E-state index in [1.54, 1.807) is 7.11 Å². The van der Waals surface area contributed by atoms with Gasteiger partial charge in [-0.25, -0.2) is 0 Å². The summed E-state index contributed by atoms with van der Waals surface area (Å²) in [5.41, 5.74) is 2.01. The highest BCUT2D eigenvalue weighted by Gasteiger charge is 2.19. The molecule has 0 unspecified atom stereocenters. The van der Waals surface area contributed by atoms with Crippen LogP contribution in [0.15, 0.2) is 48.5 Å². The molecule has 0 spiro atoms. The van der Waals surface area contributed by atoms with Crippen molar-refractivity contribution in [3.63, 3.8) is 0 Å². The van der Waals surface area contributed by atoms with E-state index in [0.717, 1.165) is 24.5 Å². The Kier molecular flexibility index (Phi) is 6.58. The Morgan fingerprint density at radius 2 is 1.63 bits per heavy atom. The van der Waals surface area contributed by atoms with Crippen molar-refractivity contribution in [2.45, 2.75) is 38.7 Å². The van der Waals surface area contributed by atoms with Crippen LogP contribution in [0.2, 0.25) is 0 Å². The van der Waals surface area contributed by atoms with Crippen molar-refractivity contribution in [2.75, 3.05) is 30.4 Å². The molecule has 0 aromatic heterocycles. The van der Waals surface area contributed by atoms with Gasteiger partial charge in [-0.05, 0) is 74.2 Å². The zero-order chi connectivity index (χ0) is 19.1. The van der Waals surface area contributed by atoms with E-state index < -0.39 is 6.10 Å². The molecule has 0 bridgehead atoms. The lowest BCUT2D eigenvalue weighted by atomic mass is 10.1. The summed E-state index contributed by atoms with van der Waals surface area (Å²) >= 11 is 0. The molecule has 3 rings (SSSR count). The third-order valence-electron chi connectivity index (χ3n) is 4.86. The Hall–Kier alpha value is -2.69. The van der Waals surface area contributed by atoms with Crippen molar-refractivity contribution in [2.24, 2.45) is 0 Å². The largest absolute Gasteiger partial charge is 0.497 e. The van der Waals surface area contributed by atoms with Crippen molar-refractivity contribution in [3.8, 4) is 11.5 Å². The first kappa shape index (κ1) is 19.1. The van der Waals surface area contributed by atoms with Crippen LogP contribution >= 0.6 is 0 Å². The molecule has 144 valence electrons. The summed E-state index contributed by atoms with van der Waals surface area (Å²) in [5, 5.41) is 2.96. The van der Waals surface area contributed by atoms with Crippen molar-refractivity contribution in [1.29, 1.82) is 0 Å². The van der Waals surface area contributed by atoms with Crippen LogP contribution < -0.4 is 19.7 Å². The van der Waals surface area contributed by atoms with E-state index in [1.807, 2.05) is 43.3 Å². The molecule has 2 aromatic rings. The predicted molar refractivity (Wildman–Crippen MR) is 109 cm³/mol. The maximum atomic E-state index is 12.6. The SMILES string of the molecule is CC[C@H](Oc1ccc(OC)cc1)C(=O)Nc1ccc(N2CCCCC2)cc1. The van der Waals surface area contributed by atoms with Crippen molar-refractivity contribution in [1.82, 2.24) is 0 Å². The fourth-order valence-electron chi connectivity index (χ4n) is 3.27. The first-order valence-corrected chi connectivity index (χ1v) is 9.66. The minimum atomic E-state index is -0.542. The number of carbonyl (C=O) groups is 1. The number of amides is 1. The summed E-state index contributed by atoms with van der Waals surface area (Å²) in [4.78, 5) is 15.0. The number of ether oxygens (including phenoxy) is 2. The average molecular weight is 368 g/mol. The summed E-state index contributed by atoms with van der Waals surface area (Å²) in [6.07, 6.45) is 3.86. The van der Waals surface area contributed by atoms with Gasteiger partial charge in [-0.3, -0.25) is 4.79 Å². The first-order chi connectivity index (χ1) is 13.2. The van der Waals surface area contributed by atoms with Crippen LogP contribution in [0.3, 0.4) is 0 Å².